The maximum atomic E-state index is 11.8. The SMILES string of the molecule is CN1c2csc(C(=O)O)c2NC(=O)C1(C)C. The van der Waals surface area contributed by atoms with Crippen molar-refractivity contribution in [1.82, 2.24) is 0 Å². The lowest BCUT2D eigenvalue weighted by atomic mass is 9.98. The third-order valence-electron chi connectivity index (χ3n) is 2.96. The van der Waals surface area contributed by atoms with Gasteiger partial charge in [0, 0.05) is 12.4 Å². The second-order valence-corrected chi connectivity index (χ2v) is 5.08. The Balaban J connectivity index is 2.57. The van der Waals surface area contributed by atoms with E-state index in [-0.39, 0.29) is 10.8 Å². The Hall–Kier alpha value is -1.56. The molecule has 0 spiro atoms. The van der Waals surface area contributed by atoms with Crippen LogP contribution in [0, 0.1) is 0 Å². The highest BCUT2D eigenvalue weighted by Crippen LogP contribution is 2.41. The number of thiophene rings is 1. The minimum absolute atomic E-state index is 0.172. The first-order chi connectivity index (χ1) is 7.35. The van der Waals surface area contributed by atoms with Gasteiger partial charge in [0.25, 0.3) is 0 Å². The van der Waals surface area contributed by atoms with Crippen molar-refractivity contribution in [3.05, 3.63) is 10.3 Å². The minimum Gasteiger partial charge on any atom is -0.477 e. The quantitative estimate of drug-likeness (QED) is 0.782. The molecule has 2 rings (SSSR count). The number of hydrogen-bond donors (Lipinski definition) is 2. The molecule has 6 heteroatoms. The first-order valence-corrected chi connectivity index (χ1v) is 5.63. The van der Waals surface area contributed by atoms with Crippen LogP contribution in [0.25, 0.3) is 0 Å². The van der Waals surface area contributed by atoms with Gasteiger partial charge in [0.15, 0.2) is 0 Å². The highest BCUT2D eigenvalue weighted by molar-refractivity contribution is 7.13. The van der Waals surface area contributed by atoms with Crippen molar-refractivity contribution in [3.63, 3.8) is 0 Å². The van der Waals surface area contributed by atoms with Gasteiger partial charge in [-0.25, -0.2) is 4.79 Å². The van der Waals surface area contributed by atoms with E-state index in [2.05, 4.69) is 5.32 Å². The molecule has 0 fully saturated rings. The van der Waals surface area contributed by atoms with E-state index in [1.165, 1.54) is 0 Å². The summed E-state index contributed by atoms with van der Waals surface area (Å²) in [6.07, 6.45) is 0. The van der Waals surface area contributed by atoms with Crippen LogP contribution in [0.3, 0.4) is 0 Å². The topological polar surface area (TPSA) is 69.6 Å². The Morgan fingerprint density at radius 2 is 2.19 bits per heavy atom. The predicted molar refractivity (Wildman–Crippen MR) is 62.4 cm³/mol. The zero-order chi connectivity index (χ0) is 12.1. The molecule has 0 saturated heterocycles. The van der Waals surface area contributed by atoms with E-state index in [1.54, 1.807) is 31.2 Å². The fourth-order valence-electron chi connectivity index (χ4n) is 1.59. The number of rotatable bonds is 1. The smallest absolute Gasteiger partial charge is 0.348 e. The molecular formula is C10H12N2O3S. The van der Waals surface area contributed by atoms with Gasteiger partial charge in [-0.2, -0.15) is 0 Å². The van der Waals surface area contributed by atoms with Crippen LogP contribution in [0.1, 0.15) is 23.5 Å². The van der Waals surface area contributed by atoms with Crippen LogP contribution in [0.15, 0.2) is 5.38 Å². The molecule has 0 unspecified atom stereocenters. The normalized spacial score (nSPS) is 17.9. The van der Waals surface area contributed by atoms with Gasteiger partial charge >= 0.3 is 5.97 Å². The Kier molecular flexibility index (Phi) is 2.20. The van der Waals surface area contributed by atoms with Gasteiger partial charge in [-0.15, -0.1) is 11.3 Å². The average molecular weight is 240 g/mol. The van der Waals surface area contributed by atoms with Crippen molar-refractivity contribution in [2.75, 3.05) is 17.3 Å². The molecule has 16 heavy (non-hydrogen) atoms. The van der Waals surface area contributed by atoms with Crippen LogP contribution in [-0.2, 0) is 4.79 Å². The predicted octanol–water partition coefficient (Wildman–Crippen LogP) is 1.61. The average Bonchev–Trinajstić information content (AvgIpc) is 2.58. The van der Waals surface area contributed by atoms with E-state index >= 15 is 0 Å². The molecule has 0 bridgehead atoms. The van der Waals surface area contributed by atoms with Crippen LogP contribution in [0.5, 0.6) is 0 Å². The van der Waals surface area contributed by atoms with Gasteiger partial charge in [-0.05, 0) is 13.8 Å². The number of nitrogens with zero attached hydrogens (tertiary/aromatic N) is 1. The van der Waals surface area contributed by atoms with Crippen molar-refractivity contribution in [2.24, 2.45) is 0 Å². The molecule has 1 amide bonds. The second kappa shape index (κ2) is 3.21. The highest BCUT2D eigenvalue weighted by Gasteiger charge is 2.40. The number of likely N-dealkylation sites (N-methyl/N-ethyl adjacent to an activating group) is 1. The lowest BCUT2D eigenvalue weighted by Gasteiger charge is -2.39. The molecule has 0 radical (unpaired) electrons. The molecule has 86 valence electrons. The molecular weight excluding hydrogens is 228 g/mol. The first kappa shape index (κ1) is 10.9. The number of carbonyl (C=O) groups is 2. The number of fused-ring (bicyclic) bond motifs is 1. The zero-order valence-electron chi connectivity index (χ0n) is 9.20. The number of nitrogens with one attached hydrogen (secondary N) is 1. The summed E-state index contributed by atoms with van der Waals surface area (Å²) in [5.41, 5.74) is 0.500. The van der Waals surface area contributed by atoms with Crippen LogP contribution in [0.4, 0.5) is 11.4 Å². The monoisotopic (exact) mass is 240 g/mol. The summed E-state index contributed by atoms with van der Waals surface area (Å²) >= 11 is 1.12. The van der Waals surface area contributed by atoms with Crippen molar-refractivity contribution in [1.29, 1.82) is 0 Å². The van der Waals surface area contributed by atoms with Crippen LogP contribution >= 0.6 is 11.3 Å². The van der Waals surface area contributed by atoms with Crippen LogP contribution in [-0.4, -0.2) is 29.6 Å². The summed E-state index contributed by atoms with van der Waals surface area (Å²) in [6, 6.07) is 0. The van der Waals surface area contributed by atoms with E-state index in [0.717, 1.165) is 17.0 Å². The molecule has 5 nitrogen and oxygen atoms in total. The van der Waals surface area contributed by atoms with Gasteiger partial charge in [-0.1, -0.05) is 0 Å². The molecule has 2 N–H and O–H groups in total. The number of anilines is 2. The maximum absolute atomic E-state index is 11.8. The van der Waals surface area contributed by atoms with E-state index in [9.17, 15) is 9.59 Å². The van der Waals surface area contributed by atoms with Gasteiger partial charge < -0.3 is 15.3 Å². The number of amides is 1. The lowest BCUT2D eigenvalue weighted by molar-refractivity contribution is -0.120. The third-order valence-corrected chi connectivity index (χ3v) is 3.92. The molecule has 0 aliphatic carbocycles. The summed E-state index contributed by atoms with van der Waals surface area (Å²) in [6.45, 7) is 3.59. The van der Waals surface area contributed by atoms with Crippen LogP contribution in [0.2, 0.25) is 0 Å². The second-order valence-electron chi connectivity index (χ2n) is 4.20. The number of carboxylic acids is 1. The maximum Gasteiger partial charge on any atom is 0.348 e. The molecule has 2 heterocycles. The fraction of sp³-hybridized carbons (Fsp3) is 0.400. The molecule has 0 atom stereocenters. The van der Waals surface area contributed by atoms with Crippen molar-refractivity contribution in [3.8, 4) is 0 Å². The summed E-state index contributed by atoms with van der Waals surface area (Å²) in [5.74, 6) is -1.21. The summed E-state index contributed by atoms with van der Waals surface area (Å²) in [7, 11) is 1.79. The van der Waals surface area contributed by atoms with E-state index in [4.69, 9.17) is 5.11 Å². The summed E-state index contributed by atoms with van der Waals surface area (Å²) < 4.78 is 0. The standard InChI is InChI=1S/C10H12N2O3S/c1-10(2)9(15)11-6-5(12(10)3)4-16-7(6)8(13)14/h4H,1-3H3,(H,11,15)(H,13,14). The molecule has 0 saturated carbocycles. The van der Waals surface area contributed by atoms with Crippen LogP contribution < -0.4 is 10.2 Å². The van der Waals surface area contributed by atoms with E-state index in [1.807, 2.05) is 0 Å². The molecule has 1 aromatic rings. The zero-order valence-corrected chi connectivity index (χ0v) is 10.0. The number of carboxylic acid groups (broad SMARTS) is 1. The Morgan fingerprint density at radius 3 is 2.75 bits per heavy atom. The molecule has 1 aliphatic rings. The Bertz CT molecular complexity index is 478. The number of aromatic carboxylic acids is 1. The highest BCUT2D eigenvalue weighted by atomic mass is 32.1. The van der Waals surface area contributed by atoms with Gasteiger partial charge in [0.2, 0.25) is 5.91 Å². The lowest BCUT2D eigenvalue weighted by Crippen LogP contribution is -2.54. The summed E-state index contributed by atoms with van der Waals surface area (Å²) in [4.78, 5) is 24.7. The van der Waals surface area contributed by atoms with Gasteiger partial charge in [0.1, 0.15) is 10.4 Å². The van der Waals surface area contributed by atoms with E-state index < -0.39 is 11.5 Å². The molecule has 0 aromatic carbocycles. The first-order valence-electron chi connectivity index (χ1n) is 4.75. The molecule has 1 aliphatic heterocycles. The number of hydrogen-bond acceptors (Lipinski definition) is 4. The minimum atomic E-state index is -1.01. The Morgan fingerprint density at radius 1 is 1.56 bits per heavy atom. The third kappa shape index (κ3) is 1.30. The number of carbonyl (C=O) groups excluding carboxylic acids is 1. The Labute approximate surface area is 96.7 Å². The van der Waals surface area contributed by atoms with Crippen molar-refractivity contribution < 1.29 is 14.7 Å². The summed E-state index contributed by atoms with van der Waals surface area (Å²) in [5, 5.41) is 13.4. The fourth-order valence-corrected chi connectivity index (χ4v) is 2.47. The van der Waals surface area contributed by atoms with Crippen molar-refractivity contribution in [2.45, 2.75) is 19.4 Å². The van der Waals surface area contributed by atoms with Gasteiger partial charge in [0.05, 0.1) is 11.4 Å². The largest absolute Gasteiger partial charge is 0.477 e. The van der Waals surface area contributed by atoms with E-state index in [0.29, 0.717) is 5.69 Å². The van der Waals surface area contributed by atoms with Crippen molar-refractivity contribution >= 4 is 34.6 Å². The van der Waals surface area contributed by atoms with Gasteiger partial charge in [-0.3, -0.25) is 4.79 Å². The molecule has 1 aromatic heterocycles.